The number of carbonyl (C=O) groups is 2. The molecule has 130 valence electrons. The Hall–Kier alpha value is -3.29. The van der Waals surface area contributed by atoms with Gasteiger partial charge in [0.05, 0.1) is 16.2 Å². The zero-order valence-electron chi connectivity index (χ0n) is 13.9. The first-order chi connectivity index (χ1) is 11.9. The molecule has 1 aromatic carbocycles. The summed E-state index contributed by atoms with van der Waals surface area (Å²) in [5.74, 6) is -0.599. The van der Waals surface area contributed by atoms with Gasteiger partial charge < -0.3 is 10.6 Å². The summed E-state index contributed by atoms with van der Waals surface area (Å²) in [4.78, 5) is 38.0. The maximum Gasteiger partial charge on any atom is 0.288 e. The fraction of sp³-hybridized carbons (Fsp3) is 0.235. The van der Waals surface area contributed by atoms with Gasteiger partial charge in [-0.1, -0.05) is 12.1 Å². The summed E-state index contributed by atoms with van der Waals surface area (Å²) >= 11 is 0. The maximum absolute atomic E-state index is 12.2. The second kappa shape index (κ2) is 8.00. The van der Waals surface area contributed by atoms with Gasteiger partial charge in [-0.2, -0.15) is 0 Å². The van der Waals surface area contributed by atoms with E-state index in [1.54, 1.807) is 31.2 Å². The van der Waals surface area contributed by atoms with E-state index in [0.717, 1.165) is 11.8 Å². The van der Waals surface area contributed by atoms with Gasteiger partial charge in [-0.15, -0.1) is 0 Å². The molecule has 0 aliphatic carbocycles. The molecular formula is C17H18N4O4. The smallest absolute Gasteiger partial charge is 0.288 e. The summed E-state index contributed by atoms with van der Waals surface area (Å²) in [5.41, 5.74) is 1.68. The molecule has 0 aliphatic rings. The fourth-order valence-corrected chi connectivity index (χ4v) is 2.17. The molecule has 0 spiro atoms. The van der Waals surface area contributed by atoms with E-state index in [1.807, 2.05) is 6.92 Å². The molecule has 0 atom stereocenters. The molecular weight excluding hydrogens is 324 g/mol. The van der Waals surface area contributed by atoms with Gasteiger partial charge in [-0.3, -0.25) is 24.7 Å². The Bertz CT molecular complexity index is 803. The molecule has 25 heavy (non-hydrogen) atoms. The first kappa shape index (κ1) is 18.1. The highest BCUT2D eigenvalue weighted by Gasteiger charge is 2.15. The number of nitro groups is 1. The van der Waals surface area contributed by atoms with E-state index in [1.165, 1.54) is 6.07 Å². The Morgan fingerprint density at radius 1 is 1.16 bits per heavy atom. The standard InChI is InChI=1S/C17H18N4O4/c1-3-18-16(22)13-6-4-12(5-7-13)9-20-17(23)15-8-14(21(24)25)10-19-11(15)2/h4-8,10H,3,9H2,1-2H3,(H,18,22)(H,20,23). The van der Waals surface area contributed by atoms with Gasteiger partial charge in [0.15, 0.2) is 0 Å². The zero-order chi connectivity index (χ0) is 18.4. The number of hydrogen-bond acceptors (Lipinski definition) is 5. The molecule has 8 heteroatoms. The molecule has 0 aliphatic heterocycles. The summed E-state index contributed by atoms with van der Waals surface area (Å²) in [6.07, 6.45) is 1.12. The van der Waals surface area contributed by atoms with Crippen LogP contribution >= 0.6 is 0 Å². The highest BCUT2D eigenvalue weighted by Crippen LogP contribution is 2.15. The van der Waals surface area contributed by atoms with Crippen LogP contribution in [-0.4, -0.2) is 28.3 Å². The van der Waals surface area contributed by atoms with Crippen molar-refractivity contribution in [2.75, 3.05) is 6.54 Å². The normalized spacial score (nSPS) is 10.2. The van der Waals surface area contributed by atoms with Crippen molar-refractivity contribution in [3.63, 3.8) is 0 Å². The Balaban J connectivity index is 2.04. The monoisotopic (exact) mass is 342 g/mol. The number of pyridine rings is 1. The second-order valence-corrected chi connectivity index (χ2v) is 5.32. The van der Waals surface area contributed by atoms with Gasteiger partial charge in [-0.05, 0) is 31.5 Å². The van der Waals surface area contributed by atoms with Crippen LogP contribution in [0, 0.1) is 17.0 Å². The van der Waals surface area contributed by atoms with Gasteiger partial charge in [0.2, 0.25) is 0 Å². The Morgan fingerprint density at radius 3 is 2.44 bits per heavy atom. The van der Waals surface area contributed by atoms with Crippen LogP contribution < -0.4 is 10.6 Å². The lowest BCUT2D eigenvalue weighted by Gasteiger charge is -2.08. The molecule has 0 fully saturated rings. The minimum atomic E-state index is -0.594. The maximum atomic E-state index is 12.2. The van der Waals surface area contributed by atoms with Crippen LogP contribution in [0.15, 0.2) is 36.5 Å². The van der Waals surface area contributed by atoms with Crippen molar-refractivity contribution in [2.24, 2.45) is 0 Å². The summed E-state index contributed by atoms with van der Waals surface area (Å²) < 4.78 is 0. The number of nitrogens with zero attached hydrogens (tertiary/aromatic N) is 2. The Labute approximate surface area is 144 Å². The molecule has 0 saturated heterocycles. The van der Waals surface area contributed by atoms with Gasteiger partial charge in [0, 0.05) is 24.7 Å². The molecule has 2 aromatic rings. The Kier molecular flexibility index (Phi) is 5.78. The van der Waals surface area contributed by atoms with Gasteiger partial charge in [-0.25, -0.2) is 0 Å². The van der Waals surface area contributed by atoms with Crippen LogP contribution in [0.3, 0.4) is 0 Å². The number of aryl methyl sites for hydroxylation is 1. The van der Waals surface area contributed by atoms with Crippen LogP contribution in [0.1, 0.15) is 38.9 Å². The van der Waals surface area contributed by atoms with E-state index in [0.29, 0.717) is 17.8 Å². The topological polar surface area (TPSA) is 114 Å². The van der Waals surface area contributed by atoms with Crippen molar-refractivity contribution in [3.8, 4) is 0 Å². The summed E-state index contributed by atoms with van der Waals surface area (Å²) in [7, 11) is 0. The van der Waals surface area contributed by atoms with Crippen LogP contribution in [0.2, 0.25) is 0 Å². The van der Waals surface area contributed by atoms with E-state index in [-0.39, 0.29) is 23.7 Å². The van der Waals surface area contributed by atoms with E-state index in [9.17, 15) is 19.7 Å². The van der Waals surface area contributed by atoms with E-state index in [4.69, 9.17) is 0 Å². The average Bonchev–Trinajstić information content (AvgIpc) is 2.60. The minimum Gasteiger partial charge on any atom is -0.352 e. The number of carbonyl (C=O) groups excluding carboxylic acids is 2. The molecule has 0 radical (unpaired) electrons. The lowest BCUT2D eigenvalue weighted by atomic mass is 10.1. The largest absolute Gasteiger partial charge is 0.352 e. The van der Waals surface area contributed by atoms with Crippen molar-refractivity contribution in [3.05, 3.63) is 69.0 Å². The van der Waals surface area contributed by atoms with Crippen molar-refractivity contribution in [2.45, 2.75) is 20.4 Å². The van der Waals surface area contributed by atoms with Crippen LogP contribution in [0.25, 0.3) is 0 Å². The minimum absolute atomic E-state index is 0.156. The van der Waals surface area contributed by atoms with E-state index >= 15 is 0 Å². The summed E-state index contributed by atoms with van der Waals surface area (Å²) in [5, 5.41) is 16.2. The third-order valence-corrected chi connectivity index (χ3v) is 3.53. The first-order valence-electron chi connectivity index (χ1n) is 7.68. The van der Waals surface area contributed by atoms with Crippen LogP contribution in [0.4, 0.5) is 5.69 Å². The van der Waals surface area contributed by atoms with Crippen LogP contribution in [0.5, 0.6) is 0 Å². The lowest BCUT2D eigenvalue weighted by molar-refractivity contribution is -0.385. The third kappa shape index (κ3) is 4.60. The van der Waals surface area contributed by atoms with Crippen molar-refractivity contribution >= 4 is 17.5 Å². The van der Waals surface area contributed by atoms with Crippen molar-refractivity contribution < 1.29 is 14.5 Å². The summed E-state index contributed by atoms with van der Waals surface area (Å²) in [6, 6.07) is 8.03. The predicted octanol–water partition coefficient (Wildman–Crippen LogP) is 1.98. The first-order valence-corrected chi connectivity index (χ1v) is 7.68. The molecule has 1 aromatic heterocycles. The average molecular weight is 342 g/mol. The van der Waals surface area contributed by atoms with E-state index in [2.05, 4.69) is 15.6 Å². The highest BCUT2D eigenvalue weighted by molar-refractivity contribution is 5.96. The number of hydrogen-bond donors (Lipinski definition) is 2. The number of nitrogens with one attached hydrogen (secondary N) is 2. The molecule has 0 saturated carbocycles. The van der Waals surface area contributed by atoms with Gasteiger partial charge >= 0.3 is 0 Å². The SMILES string of the molecule is CCNC(=O)c1ccc(CNC(=O)c2cc([N+](=O)[O-])cnc2C)cc1. The summed E-state index contributed by atoms with van der Waals surface area (Å²) in [6.45, 7) is 4.23. The van der Waals surface area contributed by atoms with Crippen molar-refractivity contribution in [1.82, 2.24) is 15.6 Å². The number of rotatable bonds is 6. The molecule has 2 N–H and O–H groups in total. The Morgan fingerprint density at radius 2 is 1.84 bits per heavy atom. The van der Waals surface area contributed by atoms with Gasteiger partial charge in [0.25, 0.3) is 17.5 Å². The third-order valence-electron chi connectivity index (χ3n) is 3.53. The highest BCUT2D eigenvalue weighted by atomic mass is 16.6. The number of benzene rings is 1. The number of aromatic nitrogens is 1. The molecule has 1 heterocycles. The van der Waals surface area contributed by atoms with Crippen molar-refractivity contribution in [1.29, 1.82) is 0 Å². The van der Waals surface area contributed by atoms with Crippen LogP contribution in [-0.2, 0) is 6.54 Å². The molecule has 0 bridgehead atoms. The second-order valence-electron chi connectivity index (χ2n) is 5.32. The predicted molar refractivity (Wildman–Crippen MR) is 91.2 cm³/mol. The quantitative estimate of drug-likeness (QED) is 0.615. The molecule has 8 nitrogen and oxygen atoms in total. The fourth-order valence-electron chi connectivity index (χ4n) is 2.17. The molecule has 0 unspecified atom stereocenters. The molecule has 2 rings (SSSR count). The lowest BCUT2D eigenvalue weighted by Crippen LogP contribution is -2.24. The zero-order valence-corrected chi connectivity index (χ0v) is 13.9. The van der Waals surface area contributed by atoms with Gasteiger partial charge in [0.1, 0.15) is 6.20 Å². The van der Waals surface area contributed by atoms with E-state index < -0.39 is 10.8 Å². The number of amides is 2. The molecule has 2 amide bonds.